The van der Waals surface area contributed by atoms with E-state index >= 15 is 0 Å². The van der Waals surface area contributed by atoms with Gasteiger partial charge >= 0.3 is 11.9 Å². The maximum Gasteiger partial charge on any atom is 0.338 e. The monoisotopic (exact) mass is 586 g/mol. The first-order valence-corrected chi connectivity index (χ1v) is 14.2. The number of amides is 3. The Labute approximate surface area is 252 Å². The minimum atomic E-state index is -0.778. The number of hydrogen-bond donors (Lipinski definition) is 1. The number of carbonyl (C=O) groups excluding carboxylic acids is 5. The second-order valence-electron chi connectivity index (χ2n) is 11.0. The molecule has 4 aliphatic rings. The van der Waals surface area contributed by atoms with Crippen molar-refractivity contribution in [2.24, 2.45) is 11.8 Å². The third kappa shape index (κ3) is 4.27. The molecular formula is C35H26N2O7. The molecule has 3 aliphatic carbocycles. The summed E-state index contributed by atoms with van der Waals surface area (Å²) >= 11 is 0. The van der Waals surface area contributed by atoms with Gasteiger partial charge in [0.2, 0.25) is 11.8 Å². The largest absolute Gasteiger partial charge is 0.465 e. The molecule has 2 bridgehead atoms. The Morgan fingerprint density at radius 3 is 1.75 bits per heavy atom. The second-order valence-corrected chi connectivity index (χ2v) is 11.0. The van der Waals surface area contributed by atoms with E-state index in [0.717, 1.165) is 22.3 Å². The molecule has 1 N–H and O–H groups in total. The zero-order valence-electron chi connectivity index (χ0n) is 23.6. The van der Waals surface area contributed by atoms with Crippen LogP contribution in [0.3, 0.4) is 0 Å². The molecule has 2 atom stereocenters. The summed E-state index contributed by atoms with van der Waals surface area (Å²) in [5.41, 5.74) is 5.44. The molecule has 1 heterocycles. The van der Waals surface area contributed by atoms with Gasteiger partial charge in [-0.05, 0) is 64.7 Å². The summed E-state index contributed by atoms with van der Waals surface area (Å²) in [4.78, 5) is 66.1. The van der Waals surface area contributed by atoms with E-state index in [9.17, 15) is 24.0 Å². The molecule has 0 spiro atoms. The fourth-order valence-corrected chi connectivity index (χ4v) is 6.92. The van der Waals surface area contributed by atoms with Crippen LogP contribution in [-0.2, 0) is 23.9 Å². The van der Waals surface area contributed by atoms with E-state index < -0.39 is 36.3 Å². The van der Waals surface area contributed by atoms with Crippen molar-refractivity contribution >= 4 is 41.0 Å². The molecule has 3 amide bonds. The van der Waals surface area contributed by atoms with Crippen LogP contribution in [0.5, 0.6) is 0 Å². The highest BCUT2D eigenvalue weighted by molar-refractivity contribution is 6.23. The van der Waals surface area contributed by atoms with Crippen molar-refractivity contribution in [3.63, 3.8) is 0 Å². The third-order valence-electron chi connectivity index (χ3n) is 8.71. The highest BCUT2D eigenvalue weighted by atomic mass is 16.5. The molecule has 1 aliphatic heterocycles. The minimum absolute atomic E-state index is 0.0998. The highest BCUT2D eigenvalue weighted by Crippen LogP contribution is 2.61. The van der Waals surface area contributed by atoms with E-state index in [0.29, 0.717) is 11.3 Å². The highest BCUT2D eigenvalue weighted by Gasteiger charge is 2.61. The normalized spacial score (nSPS) is 20.8. The van der Waals surface area contributed by atoms with Crippen LogP contribution in [0.2, 0.25) is 0 Å². The second kappa shape index (κ2) is 10.6. The van der Waals surface area contributed by atoms with Gasteiger partial charge in [-0.3, -0.25) is 14.4 Å². The Morgan fingerprint density at radius 1 is 0.682 bits per heavy atom. The van der Waals surface area contributed by atoms with Crippen molar-refractivity contribution in [1.82, 2.24) is 0 Å². The van der Waals surface area contributed by atoms with Gasteiger partial charge in [-0.1, -0.05) is 54.6 Å². The molecule has 44 heavy (non-hydrogen) atoms. The summed E-state index contributed by atoms with van der Waals surface area (Å²) < 4.78 is 9.88. The molecule has 218 valence electrons. The molecule has 1 fully saturated rings. The Kier molecular flexibility index (Phi) is 6.58. The van der Waals surface area contributed by atoms with E-state index in [4.69, 9.17) is 4.74 Å². The molecule has 0 radical (unpaired) electrons. The minimum Gasteiger partial charge on any atom is -0.465 e. The van der Waals surface area contributed by atoms with E-state index in [-0.39, 0.29) is 34.9 Å². The molecular weight excluding hydrogens is 560 g/mol. The van der Waals surface area contributed by atoms with Crippen molar-refractivity contribution in [1.29, 1.82) is 0 Å². The van der Waals surface area contributed by atoms with Crippen molar-refractivity contribution in [2.45, 2.75) is 11.8 Å². The van der Waals surface area contributed by atoms with Crippen LogP contribution in [0.4, 0.5) is 11.4 Å². The van der Waals surface area contributed by atoms with Crippen LogP contribution in [0.1, 0.15) is 54.8 Å². The fourth-order valence-electron chi connectivity index (χ4n) is 6.92. The summed E-state index contributed by atoms with van der Waals surface area (Å²) in [5, 5.41) is 2.59. The fraction of sp³-hybridized carbons (Fsp3) is 0.171. The Bertz CT molecular complexity index is 1750. The van der Waals surface area contributed by atoms with Crippen LogP contribution < -0.4 is 10.2 Å². The Morgan fingerprint density at radius 2 is 1.23 bits per heavy atom. The number of rotatable bonds is 6. The average Bonchev–Trinajstić information content (AvgIpc) is 3.33. The van der Waals surface area contributed by atoms with Gasteiger partial charge in [0.05, 0.1) is 35.8 Å². The van der Waals surface area contributed by atoms with Crippen LogP contribution in [0.25, 0.3) is 0 Å². The van der Waals surface area contributed by atoms with Gasteiger partial charge in [-0.15, -0.1) is 0 Å². The molecule has 1 saturated heterocycles. The predicted molar refractivity (Wildman–Crippen MR) is 159 cm³/mol. The lowest BCUT2D eigenvalue weighted by atomic mass is 9.55. The van der Waals surface area contributed by atoms with Crippen molar-refractivity contribution in [3.05, 3.63) is 130 Å². The number of anilines is 2. The lowest BCUT2D eigenvalue weighted by molar-refractivity contribution is -0.122. The SMILES string of the molecule is COC(=O)c1ccc(NC(=O)COC(=O)c2cccc(N3C(=O)[C@@H]4C5c6ccccc6C(c6ccccc65)[C@@H]4C3=O)c2)cc1. The topological polar surface area (TPSA) is 119 Å². The maximum atomic E-state index is 14.0. The summed E-state index contributed by atoms with van der Waals surface area (Å²) in [6, 6.07) is 28.2. The van der Waals surface area contributed by atoms with Gasteiger partial charge in [0.15, 0.2) is 6.61 Å². The zero-order chi connectivity index (χ0) is 30.5. The zero-order valence-corrected chi connectivity index (χ0v) is 23.6. The Balaban J connectivity index is 1.08. The first kappa shape index (κ1) is 27.3. The van der Waals surface area contributed by atoms with Crippen molar-refractivity contribution in [2.75, 3.05) is 23.9 Å². The van der Waals surface area contributed by atoms with Crippen LogP contribution in [0, 0.1) is 11.8 Å². The number of nitrogens with one attached hydrogen (secondary N) is 1. The molecule has 0 aromatic heterocycles. The van der Waals surface area contributed by atoms with Gasteiger partial charge < -0.3 is 14.8 Å². The number of esters is 2. The van der Waals surface area contributed by atoms with Gasteiger partial charge in [0.25, 0.3) is 5.91 Å². The lowest BCUT2D eigenvalue weighted by Gasteiger charge is -2.45. The summed E-state index contributed by atoms with van der Waals surface area (Å²) in [6.07, 6.45) is 0. The number of benzene rings is 4. The number of carbonyl (C=O) groups is 5. The van der Waals surface area contributed by atoms with Gasteiger partial charge in [0, 0.05) is 17.5 Å². The van der Waals surface area contributed by atoms with Crippen LogP contribution in [-0.4, -0.2) is 43.4 Å². The van der Waals surface area contributed by atoms with E-state index in [1.807, 2.05) is 48.5 Å². The first-order chi connectivity index (χ1) is 21.4. The standard InChI is InChI=1S/C35H26N2O7/c1-43-34(41)19-13-15-21(16-14-19)36-27(38)18-44-35(42)20-7-6-8-22(17-20)37-32(39)30-28-23-9-2-3-10-24(23)29(31(30)33(37)40)26-12-5-4-11-25(26)28/h2-17,28-31H,18H2,1H3,(H,36,38)/t28?,29?,30-,31+. The molecule has 4 aromatic rings. The van der Waals surface area contributed by atoms with Crippen LogP contribution >= 0.6 is 0 Å². The number of ether oxygens (including phenoxy) is 2. The third-order valence-corrected chi connectivity index (χ3v) is 8.71. The molecule has 0 unspecified atom stereocenters. The smallest absolute Gasteiger partial charge is 0.338 e. The summed E-state index contributed by atoms with van der Waals surface area (Å²) in [6.45, 7) is -0.562. The van der Waals surface area contributed by atoms with Crippen LogP contribution in [0.15, 0.2) is 97.1 Å². The molecule has 9 heteroatoms. The molecule has 4 aromatic carbocycles. The maximum absolute atomic E-state index is 14.0. The predicted octanol–water partition coefficient (Wildman–Crippen LogP) is 4.67. The Hall–Kier alpha value is -5.57. The van der Waals surface area contributed by atoms with E-state index in [2.05, 4.69) is 10.1 Å². The van der Waals surface area contributed by atoms with E-state index in [1.165, 1.54) is 48.4 Å². The van der Waals surface area contributed by atoms with Crippen molar-refractivity contribution < 1.29 is 33.4 Å². The lowest BCUT2D eigenvalue weighted by Crippen LogP contribution is -2.41. The van der Waals surface area contributed by atoms with E-state index in [1.54, 1.807) is 12.1 Å². The van der Waals surface area contributed by atoms with Gasteiger partial charge in [-0.2, -0.15) is 0 Å². The van der Waals surface area contributed by atoms with Gasteiger partial charge in [0.1, 0.15) is 0 Å². The number of methoxy groups -OCH3 is 1. The average molecular weight is 587 g/mol. The van der Waals surface area contributed by atoms with Crippen molar-refractivity contribution in [3.8, 4) is 0 Å². The molecule has 8 rings (SSSR count). The number of imide groups is 1. The summed E-state index contributed by atoms with van der Waals surface area (Å²) in [5.74, 6) is -3.99. The number of hydrogen-bond acceptors (Lipinski definition) is 7. The summed E-state index contributed by atoms with van der Waals surface area (Å²) in [7, 11) is 1.27. The first-order valence-electron chi connectivity index (χ1n) is 14.2. The van der Waals surface area contributed by atoms with Gasteiger partial charge in [-0.25, -0.2) is 14.5 Å². The molecule has 0 saturated carbocycles. The quantitative estimate of drug-likeness (QED) is 0.258. The molecule has 9 nitrogen and oxygen atoms in total. The number of nitrogens with zero attached hydrogens (tertiary/aromatic N) is 1.